The molecule has 0 atom stereocenters. The van der Waals surface area contributed by atoms with Crippen LogP contribution in [0.2, 0.25) is 5.02 Å². The van der Waals surface area contributed by atoms with Gasteiger partial charge in [-0.05, 0) is 23.8 Å². The van der Waals surface area contributed by atoms with Crippen LogP contribution in [0.1, 0.15) is 5.56 Å². The number of rotatable bonds is 3. The Morgan fingerprint density at radius 3 is 2.76 bits per heavy atom. The first kappa shape index (κ1) is 11.3. The number of aromatic nitrogens is 3. The molecule has 0 fully saturated rings. The molecule has 2 aromatic rings. The van der Waals surface area contributed by atoms with Gasteiger partial charge < -0.3 is 5.11 Å². The molecule has 0 bridgehead atoms. The summed E-state index contributed by atoms with van der Waals surface area (Å²) in [4.78, 5) is 14.5. The second-order valence-corrected chi connectivity index (χ2v) is 3.66. The smallest absolute Gasteiger partial charge is 0.328 e. The lowest BCUT2D eigenvalue weighted by Crippen LogP contribution is -1.97. The summed E-state index contributed by atoms with van der Waals surface area (Å²) in [5.74, 6) is -0.377. The van der Waals surface area contributed by atoms with Gasteiger partial charge in [-0.25, -0.2) is 14.5 Å². The SMILES string of the molecule is O=C(O)/C=C/c1ccc(-n2cc(Cl)cn2)nc1. The van der Waals surface area contributed by atoms with Crippen LogP contribution < -0.4 is 0 Å². The molecule has 0 aliphatic heterocycles. The number of pyridine rings is 1. The van der Waals surface area contributed by atoms with Crippen LogP contribution in [0.4, 0.5) is 0 Å². The van der Waals surface area contributed by atoms with E-state index in [-0.39, 0.29) is 0 Å². The fraction of sp³-hybridized carbons (Fsp3) is 0. The van der Waals surface area contributed by atoms with E-state index in [1.807, 2.05) is 0 Å². The van der Waals surface area contributed by atoms with Gasteiger partial charge in [0.25, 0.3) is 0 Å². The lowest BCUT2D eigenvalue weighted by atomic mass is 10.2. The van der Waals surface area contributed by atoms with E-state index >= 15 is 0 Å². The number of hydrogen-bond donors (Lipinski definition) is 1. The predicted molar refractivity (Wildman–Crippen MR) is 63.0 cm³/mol. The summed E-state index contributed by atoms with van der Waals surface area (Å²) in [5.41, 5.74) is 0.703. The molecule has 0 spiro atoms. The fourth-order valence-electron chi connectivity index (χ4n) is 1.23. The molecule has 6 heteroatoms. The van der Waals surface area contributed by atoms with Crippen molar-refractivity contribution in [3.05, 3.63) is 47.4 Å². The van der Waals surface area contributed by atoms with Gasteiger partial charge in [0.1, 0.15) is 0 Å². The summed E-state index contributed by atoms with van der Waals surface area (Å²) in [6.45, 7) is 0. The number of halogens is 1. The molecule has 2 heterocycles. The minimum Gasteiger partial charge on any atom is -0.478 e. The van der Waals surface area contributed by atoms with E-state index in [1.54, 1.807) is 24.5 Å². The van der Waals surface area contributed by atoms with Crippen LogP contribution in [0.3, 0.4) is 0 Å². The van der Waals surface area contributed by atoms with Crippen LogP contribution >= 0.6 is 11.6 Å². The molecule has 5 nitrogen and oxygen atoms in total. The fourth-order valence-corrected chi connectivity index (χ4v) is 1.36. The molecule has 0 unspecified atom stereocenters. The van der Waals surface area contributed by atoms with Crippen LogP contribution in [-0.4, -0.2) is 25.8 Å². The number of nitrogens with zero attached hydrogens (tertiary/aromatic N) is 3. The molecule has 0 saturated carbocycles. The van der Waals surface area contributed by atoms with Gasteiger partial charge in [-0.3, -0.25) is 0 Å². The van der Waals surface area contributed by atoms with Crippen LogP contribution in [-0.2, 0) is 4.79 Å². The molecule has 2 aromatic heterocycles. The summed E-state index contributed by atoms with van der Waals surface area (Å²) >= 11 is 5.74. The lowest BCUT2D eigenvalue weighted by Gasteiger charge is -1.99. The lowest BCUT2D eigenvalue weighted by molar-refractivity contribution is -0.131. The van der Waals surface area contributed by atoms with E-state index < -0.39 is 5.97 Å². The van der Waals surface area contributed by atoms with Gasteiger partial charge in [0.2, 0.25) is 0 Å². The summed E-state index contributed by atoms with van der Waals surface area (Å²) < 4.78 is 1.53. The third-order valence-electron chi connectivity index (χ3n) is 1.97. The molecule has 0 amide bonds. The monoisotopic (exact) mass is 249 g/mol. The molecule has 0 aliphatic carbocycles. The van der Waals surface area contributed by atoms with Gasteiger partial charge in [-0.1, -0.05) is 11.6 Å². The van der Waals surface area contributed by atoms with Crippen molar-refractivity contribution in [3.8, 4) is 5.82 Å². The Balaban J connectivity index is 2.21. The summed E-state index contributed by atoms with van der Waals surface area (Å²) in [7, 11) is 0. The number of carboxylic acid groups (broad SMARTS) is 1. The molecule has 0 aliphatic rings. The number of carboxylic acids is 1. The van der Waals surface area contributed by atoms with Crippen LogP contribution in [0.25, 0.3) is 11.9 Å². The standard InChI is InChI=1S/C11H8ClN3O2/c12-9-6-14-15(7-9)10-3-1-8(5-13-10)2-4-11(16)17/h1-7H,(H,16,17)/b4-2+. The van der Waals surface area contributed by atoms with E-state index in [0.29, 0.717) is 16.4 Å². The van der Waals surface area contributed by atoms with Gasteiger partial charge in [0, 0.05) is 12.3 Å². The van der Waals surface area contributed by atoms with E-state index in [9.17, 15) is 4.79 Å². The van der Waals surface area contributed by atoms with Crippen molar-refractivity contribution < 1.29 is 9.90 Å². The third-order valence-corrected chi connectivity index (χ3v) is 2.17. The molecule has 17 heavy (non-hydrogen) atoms. The third kappa shape index (κ3) is 2.92. The van der Waals surface area contributed by atoms with Gasteiger partial charge in [-0.2, -0.15) is 5.10 Å². The normalized spacial score (nSPS) is 10.9. The Hall–Kier alpha value is -2.14. The highest BCUT2D eigenvalue weighted by Gasteiger charge is 1.99. The van der Waals surface area contributed by atoms with E-state index in [0.717, 1.165) is 6.08 Å². The van der Waals surface area contributed by atoms with E-state index in [2.05, 4.69) is 10.1 Å². The molecule has 0 radical (unpaired) electrons. The van der Waals surface area contributed by atoms with Crippen LogP contribution in [0.5, 0.6) is 0 Å². The number of aliphatic carboxylic acids is 1. The first-order chi connectivity index (χ1) is 8.15. The van der Waals surface area contributed by atoms with E-state index in [1.165, 1.54) is 17.0 Å². The zero-order valence-electron chi connectivity index (χ0n) is 8.62. The van der Waals surface area contributed by atoms with Crippen molar-refractivity contribution in [3.63, 3.8) is 0 Å². The molecule has 2 rings (SSSR count). The van der Waals surface area contributed by atoms with Crippen molar-refractivity contribution in [1.29, 1.82) is 0 Å². The minimum atomic E-state index is -0.993. The Labute approximate surface area is 102 Å². The maximum Gasteiger partial charge on any atom is 0.328 e. The topological polar surface area (TPSA) is 68.0 Å². The predicted octanol–water partition coefficient (Wildman–Crippen LogP) is 2.02. The highest BCUT2D eigenvalue weighted by Crippen LogP contribution is 2.10. The van der Waals surface area contributed by atoms with Crippen LogP contribution in [0.15, 0.2) is 36.8 Å². The highest BCUT2D eigenvalue weighted by molar-refractivity contribution is 6.30. The van der Waals surface area contributed by atoms with Crippen molar-refractivity contribution in [2.45, 2.75) is 0 Å². The summed E-state index contributed by atoms with van der Waals surface area (Å²) in [6, 6.07) is 3.47. The quantitative estimate of drug-likeness (QED) is 0.845. The average Bonchev–Trinajstić information content (AvgIpc) is 2.74. The van der Waals surface area contributed by atoms with Crippen molar-refractivity contribution in [2.75, 3.05) is 0 Å². The summed E-state index contributed by atoms with van der Waals surface area (Å²) in [6.07, 6.45) is 7.24. The zero-order chi connectivity index (χ0) is 12.3. The van der Waals surface area contributed by atoms with Gasteiger partial charge in [-0.15, -0.1) is 0 Å². The largest absolute Gasteiger partial charge is 0.478 e. The van der Waals surface area contributed by atoms with Gasteiger partial charge >= 0.3 is 5.97 Å². The first-order valence-electron chi connectivity index (χ1n) is 4.73. The Morgan fingerprint density at radius 1 is 1.41 bits per heavy atom. The van der Waals surface area contributed by atoms with Crippen molar-refractivity contribution in [1.82, 2.24) is 14.8 Å². The number of carbonyl (C=O) groups is 1. The first-order valence-corrected chi connectivity index (χ1v) is 5.10. The Morgan fingerprint density at radius 2 is 2.24 bits per heavy atom. The molecular weight excluding hydrogens is 242 g/mol. The Bertz CT molecular complexity index is 560. The van der Waals surface area contributed by atoms with Crippen LogP contribution in [0, 0.1) is 0 Å². The van der Waals surface area contributed by atoms with E-state index in [4.69, 9.17) is 16.7 Å². The Kier molecular flexibility index (Phi) is 3.20. The van der Waals surface area contributed by atoms with Crippen molar-refractivity contribution >= 4 is 23.6 Å². The molecule has 0 aromatic carbocycles. The second kappa shape index (κ2) is 4.80. The number of hydrogen-bond acceptors (Lipinski definition) is 3. The highest BCUT2D eigenvalue weighted by atomic mass is 35.5. The minimum absolute atomic E-state index is 0.529. The molecular formula is C11H8ClN3O2. The zero-order valence-corrected chi connectivity index (χ0v) is 9.37. The molecule has 1 N–H and O–H groups in total. The maximum absolute atomic E-state index is 10.3. The van der Waals surface area contributed by atoms with Gasteiger partial charge in [0.15, 0.2) is 5.82 Å². The second-order valence-electron chi connectivity index (χ2n) is 3.22. The average molecular weight is 250 g/mol. The maximum atomic E-state index is 10.3. The summed E-state index contributed by atoms with van der Waals surface area (Å²) in [5, 5.41) is 13.0. The molecule has 0 saturated heterocycles. The van der Waals surface area contributed by atoms with Crippen molar-refractivity contribution in [2.24, 2.45) is 0 Å². The van der Waals surface area contributed by atoms with Gasteiger partial charge in [0.05, 0.1) is 17.4 Å². The molecule has 86 valence electrons.